The van der Waals surface area contributed by atoms with Crippen molar-refractivity contribution in [2.75, 3.05) is 6.61 Å². The van der Waals surface area contributed by atoms with Gasteiger partial charge in [0.25, 0.3) is 0 Å². The van der Waals surface area contributed by atoms with Crippen LogP contribution in [0.15, 0.2) is 24.3 Å². The number of unbranched alkanes of at least 4 members (excludes halogenated alkanes) is 33. The lowest BCUT2D eigenvalue weighted by atomic mass is 10.0. The molecule has 0 aromatic rings. The summed E-state index contributed by atoms with van der Waals surface area (Å²) >= 11 is 0. The quantitative estimate of drug-likeness (QED) is 0.0369. The van der Waals surface area contributed by atoms with Crippen LogP contribution in [0.2, 0.25) is 0 Å². The monoisotopic (exact) mass is 748 g/mol. The third-order valence-electron chi connectivity index (χ3n) is 11.0. The summed E-state index contributed by atoms with van der Waals surface area (Å²) in [5.41, 5.74) is 0. The standard InChI is InChI=1S/C48H93NO4/c1-3-5-7-9-11-13-15-17-19-20-21-22-23-24-25-26-27-28-29-31-32-34-36-38-40-42-46(51)45(44-50)49-48(53)47(52)43-41-39-37-35-33-30-18-16-14-12-10-8-6-4-2/h14,16,40,42,45-47,50-52H,3-13,15,17-39,41,43-44H2,1-2H3,(H,49,53)/b16-14-,42-40+. The average molecular weight is 748 g/mol. The van der Waals surface area contributed by atoms with Gasteiger partial charge >= 0.3 is 0 Å². The average Bonchev–Trinajstić information content (AvgIpc) is 3.16. The van der Waals surface area contributed by atoms with Gasteiger partial charge in [0, 0.05) is 0 Å². The van der Waals surface area contributed by atoms with E-state index in [1.165, 1.54) is 199 Å². The SMILES string of the molecule is CCCCCC/C=C\CCCCCCCCC(O)C(=O)NC(CO)C(O)/C=C/CCCCCCCCCCCCCCCCCCCCCCCCC. The summed E-state index contributed by atoms with van der Waals surface area (Å²) in [6.45, 7) is 4.18. The number of aliphatic hydroxyl groups is 3. The molecule has 0 saturated carbocycles. The first kappa shape index (κ1) is 51.8. The van der Waals surface area contributed by atoms with E-state index in [1.807, 2.05) is 6.08 Å². The molecule has 4 N–H and O–H groups in total. The van der Waals surface area contributed by atoms with Crippen molar-refractivity contribution in [3.63, 3.8) is 0 Å². The first-order chi connectivity index (χ1) is 26.1. The minimum atomic E-state index is -1.10. The van der Waals surface area contributed by atoms with Crippen LogP contribution in [0.1, 0.15) is 251 Å². The predicted molar refractivity (Wildman–Crippen MR) is 231 cm³/mol. The number of aliphatic hydroxyl groups excluding tert-OH is 3. The van der Waals surface area contributed by atoms with Crippen LogP contribution in [0.4, 0.5) is 0 Å². The summed E-state index contributed by atoms with van der Waals surface area (Å²) in [6.07, 6.45) is 53.7. The molecule has 0 bridgehead atoms. The Morgan fingerprint density at radius 1 is 0.453 bits per heavy atom. The molecule has 53 heavy (non-hydrogen) atoms. The van der Waals surface area contributed by atoms with Crippen LogP contribution in [0.3, 0.4) is 0 Å². The van der Waals surface area contributed by atoms with Gasteiger partial charge in [0.1, 0.15) is 6.10 Å². The summed E-state index contributed by atoms with van der Waals surface area (Å²) in [5.74, 6) is -0.507. The maximum Gasteiger partial charge on any atom is 0.249 e. The molecule has 3 unspecified atom stereocenters. The van der Waals surface area contributed by atoms with Crippen molar-refractivity contribution in [2.45, 2.75) is 270 Å². The van der Waals surface area contributed by atoms with Gasteiger partial charge in [0.15, 0.2) is 0 Å². The number of hydrogen-bond acceptors (Lipinski definition) is 4. The van der Waals surface area contributed by atoms with Crippen LogP contribution in [0.25, 0.3) is 0 Å². The van der Waals surface area contributed by atoms with Crippen molar-refractivity contribution in [1.29, 1.82) is 0 Å². The van der Waals surface area contributed by atoms with E-state index in [4.69, 9.17) is 0 Å². The largest absolute Gasteiger partial charge is 0.394 e. The summed E-state index contributed by atoms with van der Waals surface area (Å²) in [5, 5.41) is 33.2. The summed E-state index contributed by atoms with van der Waals surface area (Å²) < 4.78 is 0. The Balaban J connectivity index is 3.60. The Bertz CT molecular complexity index is 784. The zero-order valence-electron chi connectivity index (χ0n) is 35.7. The molecule has 0 saturated heterocycles. The second-order valence-electron chi connectivity index (χ2n) is 16.3. The molecule has 0 spiro atoms. The Hall–Kier alpha value is -1.17. The highest BCUT2D eigenvalue weighted by Gasteiger charge is 2.22. The summed E-state index contributed by atoms with van der Waals surface area (Å²) in [4.78, 5) is 12.5. The van der Waals surface area contributed by atoms with Gasteiger partial charge in [-0.2, -0.15) is 0 Å². The fourth-order valence-electron chi connectivity index (χ4n) is 7.30. The van der Waals surface area contributed by atoms with E-state index >= 15 is 0 Å². The molecule has 0 aliphatic heterocycles. The van der Waals surface area contributed by atoms with E-state index in [-0.39, 0.29) is 6.61 Å². The van der Waals surface area contributed by atoms with Gasteiger partial charge in [0.05, 0.1) is 18.8 Å². The van der Waals surface area contributed by atoms with Crippen LogP contribution in [-0.4, -0.2) is 46.1 Å². The molecule has 5 nitrogen and oxygen atoms in total. The Kier molecular flexibility index (Phi) is 42.6. The number of nitrogens with one attached hydrogen (secondary N) is 1. The van der Waals surface area contributed by atoms with Gasteiger partial charge in [-0.05, 0) is 44.9 Å². The van der Waals surface area contributed by atoms with Gasteiger partial charge in [-0.15, -0.1) is 0 Å². The maximum absolute atomic E-state index is 12.5. The zero-order valence-corrected chi connectivity index (χ0v) is 35.7. The smallest absolute Gasteiger partial charge is 0.249 e. The van der Waals surface area contributed by atoms with Crippen LogP contribution in [0.5, 0.6) is 0 Å². The van der Waals surface area contributed by atoms with Crippen molar-refractivity contribution in [3.8, 4) is 0 Å². The maximum atomic E-state index is 12.5. The first-order valence-corrected chi connectivity index (χ1v) is 23.7. The van der Waals surface area contributed by atoms with E-state index in [9.17, 15) is 20.1 Å². The molecule has 0 aliphatic carbocycles. The third kappa shape index (κ3) is 38.9. The van der Waals surface area contributed by atoms with Gasteiger partial charge in [0.2, 0.25) is 5.91 Å². The van der Waals surface area contributed by atoms with E-state index in [2.05, 4.69) is 31.3 Å². The molecule has 0 heterocycles. The number of allylic oxidation sites excluding steroid dienone is 3. The highest BCUT2D eigenvalue weighted by Crippen LogP contribution is 2.16. The molecular formula is C48H93NO4. The van der Waals surface area contributed by atoms with Crippen LogP contribution in [-0.2, 0) is 4.79 Å². The number of carbonyl (C=O) groups is 1. The van der Waals surface area contributed by atoms with Crippen molar-refractivity contribution in [2.24, 2.45) is 0 Å². The third-order valence-corrected chi connectivity index (χ3v) is 11.0. The van der Waals surface area contributed by atoms with E-state index in [0.717, 1.165) is 32.1 Å². The Morgan fingerprint density at radius 2 is 0.755 bits per heavy atom. The predicted octanol–water partition coefficient (Wildman–Crippen LogP) is 13.8. The lowest BCUT2D eigenvalue weighted by Crippen LogP contribution is -2.48. The van der Waals surface area contributed by atoms with Gasteiger partial charge in [-0.3, -0.25) is 4.79 Å². The van der Waals surface area contributed by atoms with Gasteiger partial charge < -0.3 is 20.6 Å². The van der Waals surface area contributed by atoms with Crippen molar-refractivity contribution in [1.82, 2.24) is 5.32 Å². The fraction of sp³-hybridized carbons (Fsp3) is 0.896. The van der Waals surface area contributed by atoms with Gasteiger partial charge in [-0.25, -0.2) is 0 Å². The number of hydrogen-bond donors (Lipinski definition) is 4. The summed E-state index contributed by atoms with van der Waals surface area (Å²) in [6, 6.07) is -0.798. The van der Waals surface area contributed by atoms with E-state index < -0.39 is 24.2 Å². The van der Waals surface area contributed by atoms with E-state index in [1.54, 1.807) is 6.08 Å². The second kappa shape index (κ2) is 43.6. The fourth-order valence-corrected chi connectivity index (χ4v) is 7.30. The highest BCUT2D eigenvalue weighted by molar-refractivity contribution is 5.80. The van der Waals surface area contributed by atoms with Crippen LogP contribution < -0.4 is 5.32 Å². The van der Waals surface area contributed by atoms with Crippen LogP contribution in [0, 0.1) is 0 Å². The molecular weight excluding hydrogens is 655 g/mol. The number of amides is 1. The Labute approximate surface area is 331 Å². The van der Waals surface area contributed by atoms with E-state index in [0.29, 0.717) is 6.42 Å². The van der Waals surface area contributed by atoms with Crippen LogP contribution >= 0.6 is 0 Å². The first-order valence-electron chi connectivity index (χ1n) is 23.7. The Morgan fingerprint density at radius 3 is 1.11 bits per heavy atom. The zero-order chi connectivity index (χ0) is 38.7. The van der Waals surface area contributed by atoms with Crippen molar-refractivity contribution >= 4 is 5.91 Å². The van der Waals surface area contributed by atoms with Crippen molar-refractivity contribution < 1.29 is 20.1 Å². The molecule has 3 atom stereocenters. The topological polar surface area (TPSA) is 89.8 Å². The molecule has 5 heteroatoms. The van der Waals surface area contributed by atoms with Gasteiger partial charge in [-0.1, -0.05) is 231 Å². The minimum Gasteiger partial charge on any atom is -0.394 e. The van der Waals surface area contributed by atoms with Crippen molar-refractivity contribution in [3.05, 3.63) is 24.3 Å². The molecule has 1 amide bonds. The molecule has 0 aliphatic rings. The molecule has 0 aromatic carbocycles. The second-order valence-corrected chi connectivity index (χ2v) is 16.3. The number of rotatable bonds is 43. The molecule has 0 fully saturated rings. The normalized spacial score (nSPS) is 13.7. The molecule has 0 radical (unpaired) electrons. The highest BCUT2D eigenvalue weighted by atomic mass is 16.3. The summed E-state index contributed by atoms with van der Waals surface area (Å²) in [7, 11) is 0. The molecule has 0 rings (SSSR count). The lowest BCUT2D eigenvalue weighted by Gasteiger charge is -2.21. The lowest BCUT2D eigenvalue weighted by molar-refractivity contribution is -0.131. The minimum absolute atomic E-state index is 0.364. The molecule has 0 aromatic heterocycles. The number of carbonyl (C=O) groups excluding carboxylic acids is 1. The molecule has 314 valence electrons.